The van der Waals surface area contributed by atoms with Crippen LogP contribution in [0.3, 0.4) is 0 Å². The fraction of sp³-hybridized carbons (Fsp3) is 0.400. The van der Waals surface area contributed by atoms with Crippen LogP contribution in [0.1, 0.15) is 41.9 Å². The average Bonchev–Trinajstić information content (AvgIpc) is 2.17. The number of carboxylic acids is 1. The molecular formula is C10H13FN2O2. The molecule has 0 fully saturated rings. The molecular weight excluding hydrogens is 199 g/mol. The van der Waals surface area contributed by atoms with Crippen molar-refractivity contribution in [2.45, 2.75) is 25.8 Å². The van der Waals surface area contributed by atoms with E-state index in [1.54, 1.807) is 0 Å². The van der Waals surface area contributed by atoms with Gasteiger partial charge in [0.2, 0.25) is 0 Å². The zero-order valence-electron chi connectivity index (χ0n) is 8.40. The summed E-state index contributed by atoms with van der Waals surface area (Å²) in [5.74, 6) is -2.21. The van der Waals surface area contributed by atoms with Crippen LogP contribution in [-0.4, -0.2) is 16.1 Å². The standard InChI is InChI=1S/C10H13FN2O2/c1-2-3-8(12)6-4-7(11)9(10(14)15)13-5-6/h4-5,8H,2-3,12H2,1H3,(H,14,15)/t8-/m0/s1. The van der Waals surface area contributed by atoms with Gasteiger partial charge in [-0.1, -0.05) is 13.3 Å². The van der Waals surface area contributed by atoms with Gasteiger partial charge in [-0.15, -0.1) is 0 Å². The predicted octanol–water partition coefficient (Wildman–Crippen LogP) is 1.72. The number of nitrogens with zero attached hydrogens (tertiary/aromatic N) is 1. The molecule has 0 bridgehead atoms. The van der Waals surface area contributed by atoms with Crippen molar-refractivity contribution in [2.75, 3.05) is 0 Å². The van der Waals surface area contributed by atoms with Crippen LogP contribution < -0.4 is 5.73 Å². The predicted molar refractivity (Wildman–Crippen MR) is 53.0 cm³/mol. The summed E-state index contributed by atoms with van der Waals surface area (Å²) >= 11 is 0. The Morgan fingerprint density at radius 3 is 2.87 bits per heavy atom. The lowest BCUT2D eigenvalue weighted by molar-refractivity contribution is 0.0685. The Labute approximate surface area is 86.9 Å². The topological polar surface area (TPSA) is 76.2 Å². The summed E-state index contributed by atoms with van der Waals surface area (Å²) in [7, 11) is 0. The van der Waals surface area contributed by atoms with Crippen LogP contribution in [0.4, 0.5) is 4.39 Å². The Morgan fingerprint density at radius 1 is 1.73 bits per heavy atom. The van der Waals surface area contributed by atoms with E-state index in [0.717, 1.165) is 12.5 Å². The highest BCUT2D eigenvalue weighted by atomic mass is 19.1. The monoisotopic (exact) mass is 212 g/mol. The fourth-order valence-corrected chi connectivity index (χ4v) is 1.29. The van der Waals surface area contributed by atoms with E-state index in [9.17, 15) is 9.18 Å². The van der Waals surface area contributed by atoms with Gasteiger partial charge in [0.05, 0.1) is 0 Å². The van der Waals surface area contributed by atoms with Crippen molar-refractivity contribution >= 4 is 5.97 Å². The molecule has 1 rings (SSSR count). The molecule has 0 aliphatic heterocycles. The van der Waals surface area contributed by atoms with E-state index in [-0.39, 0.29) is 6.04 Å². The molecule has 0 radical (unpaired) electrons. The molecule has 15 heavy (non-hydrogen) atoms. The highest BCUT2D eigenvalue weighted by Crippen LogP contribution is 2.16. The maximum Gasteiger partial charge on any atom is 0.357 e. The summed E-state index contributed by atoms with van der Waals surface area (Å²) in [6.45, 7) is 1.97. The van der Waals surface area contributed by atoms with Gasteiger partial charge in [0.25, 0.3) is 0 Å². The van der Waals surface area contributed by atoms with Gasteiger partial charge >= 0.3 is 5.97 Å². The van der Waals surface area contributed by atoms with Gasteiger partial charge in [-0.05, 0) is 18.1 Å². The van der Waals surface area contributed by atoms with E-state index in [1.165, 1.54) is 6.20 Å². The number of rotatable bonds is 4. The van der Waals surface area contributed by atoms with Gasteiger partial charge in [-0.25, -0.2) is 14.2 Å². The maximum absolute atomic E-state index is 13.2. The Balaban J connectivity index is 2.96. The summed E-state index contributed by atoms with van der Waals surface area (Å²) in [6, 6.07) is 0.844. The zero-order valence-corrected chi connectivity index (χ0v) is 8.40. The van der Waals surface area contributed by atoms with Crippen molar-refractivity contribution in [3.63, 3.8) is 0 Å². The molecule has 5 heteroatoms. The highest BCUT2D eigenvalue weighted by Gasteiger charge is 2.14. The summed E-state index contributed by atoms with van der Waals surface area (Å²) in [4.78, 5) is 14.0. The van der Waals surface area contributed by atoms with Crippen LogP contribution in [0.2, 0.25) is 0 Å². The van der Waals surface area contributed by atoms with Gasteiger partial charge in [0.15, 0.2) is 11.5 Å². The highest BCUT2D eigenvalue weighted by molar-refractivity contribution is 5.85. The third-order valence-corrected chi connectivity index (χ3v) is 2.09. The molecule has 1 atom stereocenters. The molecule has 0 aliphatic carbocycles. The largest absolute Gasteiger partial charge is 0.476 e. The summed E-state index contributed by atoms with van der Waals surface area (Å²) in [5, 5.41) is 8.56. The Morgan fingerprint density at radius 2 is 2.40 bits per heavy atom. The lowest BCUT2D eigenvalue weighted by atomic mass is 10.1. The van der Waals surface area contributed by atoms with E-state index in [4.69, 9.17) is 10.8 Å². The first-order valence-electron chi connectivity index (χ1n) is 4.70. The molecule has 1 aromatic heterocycles. The van der Waals surface area contributed by atoms with Crippen molar-refractivity contribution in [1.29, 1.82) is 0 Å². The van der Waals surface area contributed by atoms with Gasteiger partial charge < -0.3 is 10.8 Å². The Hall–Kier alpha value is -1.49. The third kappa shape index (κ3) is 2.73. The summed E-state index contributed by atoms with van der Waals surface area (Å²) in [5.41, 5.74) is 5.71. The molecule has 3 N–H and O–H groups in total. The van der Waals surface area contributed by atoms with Crippen molar-refractivity contribution in [3.8, 4) is 0 Å². The molecule has 4 nitrogen and oxygen atoms in total. The second-order valence-electron chi connectivity index (χ2n) is 3.30. The van der Waals surface area contributed by atoms with Crippen LogP contribution in [0.5, 0.6) is 0 Å². The molecule has 0 saturated heterocycles. The average molecular weight is 212 g/mol. The number of aromatic carboxylic acids is 1. The molecule has 0 aromatic carbocycles. The SMILES string of the molecule is CCC[C@H](N)c1cnc(C(=O)O)c(F)c1. The number of carboxylic acid groups (broad SMARTS) is 1. The Bertz CT molecular complexity index is 368. The third-order valence-electron chi connectivity index (χ3n) is 2.09. The fourth-order valence-electron chi connectivity index (χ4n) is 1.29. The quantitative estimate of drug-likeness (QED) is 0.796. The first-order chi connectivity index (χ1) is 7.06. The van der Waals surface area contributed by atoms with Crippen LogP contribution in [0, 0.1) is 5.82 Å². The molecule has 1 heterocycles. The maximum atomic E-state index is 13.2. The van der Waals surface area contributed by atoms with Crippen LogP contribution in [0.15, 0.2) is 12.3 Å². The number of aromatic nitrogens is 1. The first kappa shape index (κ1) is 11.6. The minimum Gasteiger partial charge on any atom is -0.476 e. The van der Waals surface area contributed by atoms with Crippen molar-refractivity contribution in [3.05, 3.63) is 29.3 Å². The first-order valence-corrected chi connectivity index (χ1v) is 4.70. The second-order valence-corrected chi connectivity index (χ2v) is 3.30. The van der Waals surface area contributed by atoms with Crippen molar-refractivity contribution < 1.29 is 14.3 Å². The van der Waals surface area contributed by atoms with Gasteiger partial charge in [0.1, 0.15) is 0 Å². The number of pyridine rings is 1. The summed E-state index contributed by atoms with van der Waals surface area (Å²) in [6.07, 6.45) is 2.91. The van der Waals surface area contributed by atoms with E-state index in [0.29, 0.717) is 12.0 Å². The van der Waals surface area contributed by atoms with Gasteiger partial charge in [0, 0.05) is 12.2 Å². The summed E-state index contributed by atoms with van der Waals surface area (Å²) < 4.78 is 13.2. The number of halogens is 1. The molecule has 0 amide bonds. The lowest BCUT2D eigenvalue weighted by Crippen LogP contribution is -2.12. The zero-order chi connectivity index (χ0) is 11.4. The van der Waals surface area contributed by atoms with Crippen molar-refractivity contribution in [2.24, 2.45) is 5.73 Å². The van der Waals surface area contributed by atoms with E-state index in [1.807, 2.05) is 6.92 Å². The Kier molecular flexibility index (Phi) is 3.74. The smallest absolute Gasteiger partial charge is 0.357 e. The van der Waals surface area contributed by atoms with Crippen molar-refractivity contribution in [1.82, 2.24) is 4.98 Å². The molecule has 0 spiro atoms. The number of hydrogen-bond acceptors (Lipinski definition) is 3. The molecule has 0 unspecified atom stereocenters. The van der Waals surface area contributed by atoms with Gasteiger partial charge in [-0.3, -0.25) is 0 Å². The molecule has 1 aromatic rings. The van der Waals surface area contributed by atoms with E-state index in [2.05, 4.69) is 4.98 Å². The minimum atomic E-state index is -1.37. The number of nitrogens with two attached hydrogens (primary N) is 1. The second kappa shape index (κ2) is 4.84. The lowest BCUT2D eigenvalue weighted by Gasteiger charge is -2.10. The van der Waals surface area contributed by atoms with Crippen LogP contribution in [0.25, 0.3) is 0 Å². The van der Waals surface area contributed by atoms with Crippen LogP contribution >= 0.6 is 0 Å². The molecule has 0 aliphatic rings. The minimum absolute atomic E-state index is 0.292. The number of carbonyl (C=O) groups is 1. The molecule has 0 saturated carbocycles. The number of hydrogen-bond donors (Lipinski definition) is 2. The van der Waals surface area contributed by atoms with E-state index >= 15 is 0 Å². The van der Waals surface area contributed by atoms with Gasteiger partial charge in [-0.2, -0.15) is 0 Å². The van der Waals surface area contributed by atoms with E-state index < -0.39 is 17.5 Å². The molecule has 82 valence electrons. The van der Waals surface area contributed by atoms with Crippen LogP contribution in [-0.2, 0) is 0 Å². The normalized spacial score (nSPS) is 12.5.